The standard InChI is InChI=1S/C16H16N4/c1-13-6-5-9-15(10-13)20-16(19-12-17)18-11-14-7-3-2-4-8-14/h2-10H,11H2,1H3,(H2,18,19,20). The Labute approximate surface area is 118 Å². The van der Waals surface area contributed by atoms with Crippen LogP contribution in [0.25, 0.3) is 0 Å². The van der Waals surface area contributed by atoms with Crippen molar-refractivity contribution in [2.24, 2.45) is 4.99 Å². The summed E-state index contributed by atoms with van der Waals surface area (Å²) in [6.07, 6.45) is 1.90. The summed E-state index contributed by atoms with van der Waals surface area (Å²) in [7, 11) is 0. The minimum Gasteiger partial charge on any atom is -0.326 e. The Hall–Kier alpha value is -2.80. The van der Waals surface area contributed by atoms with Crippen molar-refractivity contribution < 1.29 is 0 Å². The molecule has 0 atom stereocenters. The van der Waals surface area contributed by atoms with Crippen LogP contribution in [0.15, 0.2) is 59.6 Å². The lowest BCUT2D eigenvalue weighted by atomic mass is 10.2. The maximum atomic E-state index is 8.78. The zero-order valence-electron chi connectivity index (χ0n) is 11.3. The first-order chi connectivity index (χ1) is 9.78. The number of benzene rings is 2. The van der Waals surface area contributed by atoms with Gasteiger partial charge in [0.15, 0.2) is 6.19 Å². The third-order valence-corrected chi connectivity index (χ3v) is 2.72. The van der Waals surface area contributed by atoms with Crippen molar-refractivity contribution in [1.82, 2.24) is 5.32 Å². The smallest absolute Gasteiger partial charge is 0.209 e. The molecule has 0 heterocycles. The highest BCUT2D eigenvalue weighted by Gasteiger charge is 1.99. The number of nitrogens with zero attached hydrogens (tertiary/aromatic N) is 2. The van der Waals surface area contributed by atoms with Gasteiger partial charge in [0.05, 0.1) is 6.54 Å². The minimum atomic E-state index is 0.446. The monoisotopic (exact) mass is 264 g/mol. The lowest BCUT2D eigenvalue weighted by molar-refractivity contribution is 1.04. The first-order valence-electron chi connectivity index (χ1n) is 6.35. The highest BCUT2D eigenvalue weighted by atomic mass is 15.2. The zero-order valence-corrected chi connectivity index (χ0v) is 11.3. The number of nitriles is 1. The second-order valence-corrected chi connectivity index (χ2v) is 4.38. The largest absolute Gasteiger partial charge is 0.326 e. The number of aliphatic imine (C=N–C) groups is 1. The van der Waals surface area contributed by atoms with Crippen molar-refractivity contribution in [3.05, 3.63) is 65.7 Å². The van der Waals surface area contributed by atoms with Crippen molar-refractivity contribution in [2.75, 3.05) is 5.32 Å². The molecule has 0 saturated carbocycles. The fraction of sp³-hybridized carbons (Fsp3) is 0.125. The van der Waals surface area contributed by atoms with E-state index in [0.29, 0.717) is 12.5 Å². The maximum absolute atomic E-state index is 8.78. The summed E-state index contributed by atoms with van der Waals surface area (Å²) in [5.74, 6) is 0.446. The van der Waals surface area contributed by atoms with Crippen LogP contribution in [0.5, 0.6) is 0 Å². The molecule has 100 valence electrons. The van der Waals surface area contributed by atoms with Gasteiger partial charge in [0.2, 0.25) is 5.96 Å². The van der Waals surface area contributed by atoms with E-state index in [4.69, 9.17) is 5.26 Å². The Morgan fingerprint density at radius 1 is 1.15 bits per heavy atom. The van der Waals surface area contributed by atoms with E-state index in [-0.39, 0.29) is 0 Å². The summed E-state index contributed by atoms with van der Waals surface area (Å²) in [5, 5.41) is 14.5. The summed E-state index contributed by atoms with van der Waals surface area (Å²) >= 11 is 0. The fourth-order valence-electron chi connectivity index (χ4n) is 1.78. The lowest BCUT2D eigenvalue weighted by Gasteiger charge is -2.08. The molecule has 0 spiro atoms. The lowest BCUT2D eigenvalue weighted by Crippen LogP contribution is -2.26. The molecule has 2 aromatic rings. The molecule has 20 heavy (non-hydrogen) atoms. The Bertz CT molecular complexity index is 626. The Morgan fingerprint density at radius 3 is 2.65 bits per heavy atom. The van der Waals surface area contributed by atoms with Gasteiger partial charge in [-0.05, 0) is 30.2 Å². The van der Waals surface area contributed by atoms with E-state index in [1.54, 1.807) is 0 Å². The molecule has 4 heteroatoms. The van der Waals surface area contributed by atoms with Crippen molar-refractivity contribution in [3.8, 4) is 6.19 Å². The van der Waals surface area contributed by atoms with E-state index in [1.165, 1.54) is 0 Å². The van der Waals surface area contributed by atoms with Gasteiger partial charge in [-0.15, -0.1) is 0 Å². The fourth-order valence-corrected chi connectivity index (χ4v) is 1.78. The minimum absolute atomic E-state index is 0.446. The van der Waals surface area contributed by atoms with Crippen LogP contribution in [0, 0.1) is 18.4 Å². The molecule has 2 N–H and O–H groups in total. The molecule has 0 unspecified atom stereocenters. The van der Waals surface area contributed by atoms with Crippen molar-refractivity contribution in [2.45, 2.75) is 13.5 Å². The molecule has 0 aliphatic carbocycles. The molecular weight excluding hydrogens is 248 g/mol. The van der Waals surface area contributed by atoms with E-state index < -0.39 is 0 Å². The quantitative estimate of drug-likeness (QED) is 0.388. The highest BCUT2D eigenvalue weighted by molar-refractivity contribution is 5.94. The van der Waals surface area contributed by atoms with Gasteiger partial charge >= 0.3 is 0 Å². The van der Waals surface area contributed by atoms with Gasteiger partial charge in [0.1, 0.15) is 0 Å². The van der Waals surface area contributed by atoms with Crippen LogP contribution in [-0.4, -0.2) is 5.96 Å². The number of hydrogen-bond acceptors (Lipinski definition) is 2. The number of anilines is 1. The van der Waals surface area contributed by atoms with Crippen LogP contribution in [-0.2, 0) is 6.54 Å². The van der Waals surface area contributed by atoms with Crippen molar-refractivity contribution in [3.63, 3.8) is 0 Å². The molecule has 0 bridgehead atoms. The molecule has 0 amide bonds. The molecule has 0 radical (unpaired) electrons. The molecule has 0 aromatic heterocycles. The Balaban J connectivity index is 2.09. The van der Waals surface area contributed by atoms with E-state index in [9.17, 15) is 0 Å². The van der Waals surface area contributed by atoms with E-state index in [1.807, 2.05) is 67.7 Å². The van der Waals surface area contributed by atoms with Gasteiger partial charge < -0.3 is 5.32 Å². The SMILES string of the molecule is Cc1cccc(NC(=NCc2ccccc2)NC#N)c1. The van der Waals surface area contributed by atoms with Crippen LogP contribution in [0.3, 0.4) is 0 Å². The summed E-state index contributed by atoms with van der Waals surface area (Å²) in [4.78, 5) is 4.38. The maximum Gasteiger partial charge on any atom is 0.209 e. The van der Waals surface area contributed by atoms with E-state index in [2.05, 4.69) is 15.6 Å². The number of hydrogen-bond donors (Lipinski definition) is 2. The van der Waals surface area contributed by atoms with Crippen LogP contribution >= 0.6 is 0 Å². The third-order valence-electron chi connectivity index (χ3n) is 2.72. The third kappa shape index (κ3) is 4.14. The van der Waals surface area contributed by atoms with E-state index >= 15 is 0 Å². The predicted octanol–water partition coefficient (Wildman–Crippen LogP) is 3.03. The number of rotatable bonds is 3. The van der Waals surface area contributed by atoms with Gasteiger partial charge in [-0.3, -0.25) is 5.32 Å². The average molecular weight is 264 g/mol. The molecule has 2 rings (SSSR count). The summed E-state index contributed by atoms with van der Waals surface area (Å²) in [6, 6.07) is 17.8. The molecule has 4 nitrogen and oxygen atoms in total. The van der Waals surface area contributed by atoms with Gasteiger partial charge in [-0.2, -0.15) is 5.26 Å². The number of aryl methyl sites for hydroxylation is 1. The number of nitrogens with one attached hydrogen (secondary N) is 2. The second kappa shape index (κ2) is 6.95. The van der Waals surface area contributed by atoms with Crippen molar-refractivity contribution in [1.29, 1.82) is 5.26 Å². The zero-order chi connectivity index (χ0) is 14.2. The molecule has 0 aliphatic rings. The molecule has 0 saturated heterocycles. The van der Waals surface area contributed by atoms with Gasteiger partial charge in [-0.25, -0.2) is 4.99 Å². The van der Waals surface area contributed by atoms with Crippen LogP contribution in [0.4, 0.5) is 5.69 Å². The van der Waals surface area contributed by atoms with Gasteiger partial charge in [0.25, 0.3) is 0 Å². The predicted molar refractivity (Wildman–Crippen MR) is 81.1 cm³/mol. The van der Waals surface area contributed by atoms with Crippen LogP contribution in [0.2, 0.25) is 0 Å². The Kier molecular flexibility index (Phi) is 4.74. The average Bonchev–Trinajstić information content (AvgIpc) is 2.46. The molecule has 0 fully saturated rings. The van der Waals surface area contributed by atoms with Gasteiger partial charge in [-0.1, -0.05) is 42.5 Å². The molecule has 2 aromatic carbocycles. The topological polar surface area (TPSA) is 60.2 Å². The summed E-state index contributed by atoms with van der Waals surface area (Å²) in [5.41, 5.74) is 3.14. The van der Waals surface area contributed by atoms with Crippen LogP contribution < -0.4 is 10.6 Å². The number of guanidine groups is 1. The first kappa shape index (κ1) is 13.6. The second-order valence-electron chi connectivity index (χ2n) is 4.38. The van der Waals surface area contributed by atoms with Crippen LogP contribution in [0.1, 0.15) is 11.1 Å². The normalized spacial score (nSPS) is 10.7. The van der Waals surface area contributed by atoms with Gasteiger partial charge in [0, 0.05) is 5.69 Å². The molecular formula is C16H16N4. The summed E-state index contributed by atoms with van der Waals surface area (Å²) < 4.78 is 0. The first-order valence-corrected chi connectivity index (χ1v) is 6.35. The highest BCUT2D eigenvalue weighted by Crippen LogP contribution is 2.09. The van der Waals surface area contributed by atoms with E-state index in [0.717, 1.165) is 16.8 Å². The van der Waals surface area contributed by atoms with Crippen molar-refractivity contribution >= 4 is 11.6 Å². The Morgan fingerprint density at radius 2 is 1.95 bits per heavy atom. The molecule has 0 aliphatic heterocycles. The summed E-state index contributed by atoms with van der Waals surface area (Å²) in [6.45, 7) is 2.54.